The van der Waals surface area contributed by atoms with Crippen LogP contribution in [-0.2, 0) is 11.2 Å². The van der Waals surface area contributed by atoms with Crippen molar-refractivity contribution in [3.8, 4) is 17.0 Å². The first kappa shape index (κ1) is 13.1. The number of aryl methyl sites for hydroxylation is 2. The number of rotatable bonds is 5. The van der Waals surface area contributed by atoms with Gasteiger partial charge in [0.05, 0.1) is 25.4 Å². The Kier molecular flexibility index (Phi) is 3.85. The molecule has 2 aromatic rings. The highest BCUT2D eigenvalue weighted by atomic mass is 16.5. The number of aliphatic carboxylic acids is 1. The molecule has 0 spiro atoms. The van der Waals surface area contributed by atoms with Crippen LogP contribution in [0, 0.1) is 6.92 Å². The fraction of sp³-hybridized carbons (Fsp3) is 0.286. The van der Waals surface area contributed by atoms with Gasteiger partial charge < -0.3 is 14.8 Å². The maximum atomic E-state index is 10.5. The second kappa shape index (κ2) is 5.56. The van der Waals surface area contributed by atoms with E-state index in [-0.39, 0.29) is 6.42 Å². The molecule has 100 valence electrons. The number of carboxylic acid groups (broad SMARTS) is 1. The van der Waals surface area contributed by atoms with Gasteiger partial charge in [-0.05, 0) is 19.1 Å². The first-order valence-electron chi connectivity index (χ1n) is 6.01. The molecular weight excluding hydrogens is 244 g/mol. The monoisotopic (exact) mass is 260 g/mol. The van der Waals surface area contributed by atoms with E-state index in [2.05, 4.69) is 9.97 Å². The van der Waals surface area contributed by atoms with Crippen LogP contribution in [0.1, 0.15) is 17.8 Å². The Balaban J connectivity index is 2.27. The van der Waals surface area contributed by atoms with E-state index in [0.29, 0.717) is 12.2 Å². The molecule has 0 aliphatic rings. The summed E-state index contributed by atoms with van der Waals surface area (Å²) in [6.45, 7) is 2.00. The maximum Gasteiger partial charge on any atom is 0.303 e. The first-order chi connectivity index (χ1) is 9.10. The van der Waals surface area contributed by atoms with E-state index in [0.717, 1.165) is 22.6 Å². The molecule has 1 heterocycles. The predicted molar refractivity (Wildman–Crippen MR) is 71.3 cm³/mol. The topological polar surface area (TPSA) is 75.2 Å². The average molecular weight is 260 g/mol. The van der Waals surface area contributed by atoms with Gasteiger partial charge in [0, 0.05) is 12.0 Å². The standard InChI is InChI=1S/C14H16N2O3/c1-9-3-4-12(19-2)10(7-9)11-8-15-13(16-11)5-6-14(17)18/h3-4,7-8H,5-6H2,1-2H3,(H,15,16)(H,17,18). The summed E-state index contributed by atoms with van der Waals surface area (Å²) in [6.07, 6.45) is 2.16. The molecule has 0 aliphatic carbocycles. The molecule has 0 atom stereocenters. The van der Waals surface area contributed by atoms with Crippen molar-refractivity contribution in [2.24, 2.45) is 0 Å². The van der Waals surface area contributed by atoms with Crippen LogP contribution in [0.15, 0.2) is 24.4 Å². The highest BCUT2D eigenvalue weighted by molar-refractivity contribution is 5.68. The fourth-order valence-corrected chi connectivity index (χ4v) is 1.88. The van der Waals surface area contributed by atoms with Crippen LogP contribution in [-0.4, -0.2) is 28.2 Å². The zero-order valence-electron chi connectivity index (χ0n) is 10.9. The second-order valence-corrected chi connectivity index (χ2v) is 4.34. The molecule has 0 unspecified atom stereocenters. The highest BCUT2D eigenvalue weighted by Crippen LogP contribution is 2.29. The minimum atomic E-state index is -0.828. The smallest absolute Gasteiger partial charge is 0.303 e. The van der Waals surface area contributed by atoms with E-state index >= 15 is 0 Å². The van der Waals surface area contributed by atoms with Crippen molar-refractivity contribution >= 4 is 5.97 Å². The molecule has 19 heavy (non-hydrogen) atoms. The van der Waals surface area contributed by atoms with Gasteiger partial charge in [-0.1, -0.05) is 11.6 Å². The van der Waals surface area contributed by atoms with E-state index < -0.39 is 5.97 Å². The molecule has 1 aromatic carbocycles. The lowest BCUT2D eigenvalue weighted by Gasteiger charge is -2.07. The van der Waals surface area contributed by atoms with Crippen LogP contribution in [0.2, 0.25) is 0 Å². The summed E-state index contributed by atoms with van der Waals surface area (Å²) in [5, 5.41) is 8.66. The number of carbonyl (C=O) groups is 1. The lowest BCUT2D eigenvalue weighted by molar-refractivity contribution is -0.137. The molecule has 0 bridgehead atoms. The molecule has 0 aliphatic heterocycles. The van der Waals surface area contributed by atoms with Crippen LogP contribution in [0.3, 0.4) is 0 Å². The molecule has 0 fully saturated rings. The Bertz CT molecular complexity index is 590. The van der Waals surface area contributed by atoms with Crippen molar-refractivity contribution in [2.75, 3.05) is 7.11 Å². The first-order valence-corrected chi connectivity index (χ1v) is 6.01. The van der Waals surface area contributed by atoms with Crippen molar-refractivity contribution in [3.05, 3.63) is 35.8 Å². The molecule has 1 aromatic heterocycles. The van der Waals surface area contributed by atoms with Crippen molar-refractivity contribution in [1.82, 2.24) is 9.97 Å². The van der Waals surface area contributed by atoms with E-state index in [1.807, 2.05) is 25.1 Å². The summed E-state index contributed by atoms with van der Waals surface area (Å²) in [7, 11) is 1.62. The normalized spacial score (nSPS) is 10.4. The number of H-pyrrole nitrogens is 1. The third-order valence-electron chi connectivity index (χ3n) is 2.85. The maximum absolute atomic E-state index is 10.5. The quantitative estimate of drug-likeness (QED) is 0.865. The van der Waals surface area contributed by atoms with Gasteiger partial charge in [-0.2, -0.15) is 0 Å². The zero-order chi connectivity index (χ0) is 13.8. The number of hydrogen-bond acceptors (Lipinski definition) is 3. The molecule has 2 N–H and O–H groups in total. The molecule has 2 rings (SSSR count). The third kappa shape index (κ3) is 3.13. The molecule has 0 saturated heterocycles. The number of benzene rings is 1. The lowest BCUT2D eigenvalue weighted by Crippen LogP contribution is -1.98. The SMILES string of the molecule is COc1ccc(C)cc1-c1cnc(CCC(=O)O)[nH]1. The summed E-state index contributed by atoms with van der Waals surface area (Å²) in [6, 6.07) is 5.89. The largest absolute Gasteiger partial charge is 0.496 e. The Morgan fingerprint density at radius 1 is 1.47 bits per heavy atom. The molecule has 5 heteroatoms. The van der Waals surface area contributed by atoms with Crippen LogP contribution >= 0.6 is 0 Å². The Morgan fingerprint density at radius 3 is 2.95 bits per heavy atom. The van der Waals surface area contributed by atoms with E-state index in [1.54, 1.807) is 13.3 Å². The van der Waals surface area contributed by atoms with Gasteiger partial charge in [0.25, 0.3) is 0 Å². The van der Waals surface area contributed by atoms with E-state index in [1.165, 1.54) is 0 Å². The van der Waals surface area contributed by atoms with Crippen LogP contribution in [0.4, 0.5) is 0 Å². The van der Waals surface area contributed by atoms with E-state index in [9.17, 15) is 4.79 Å². The number of methoxy groups -OCH3 is 1. The Labute approximate surface area is 111 Å². The second-order valence-electron chi connectivity index (χ2n) is 4.34. The summed E-state index contributed by atoms with van der Waals surface area (Å²) < 4.78 is 5.32. The third-order valence-corrected chi connectivity index (χ3v) is 2.85. The predicted octanol–water partition coefficient (Wildman–Crippen LogP) is 2.41. The number of ether oxygens (including phenoxy) is 1. The lowest BCUT2D eigenvalue weighted by atomic mass is 10.1. The molecule has 5 nitrogen and oxygen atoms in total. The zero-order valence-corrected chi connectivity index (χ0v) is 10.9. The van der Waals surface area contributed by atoms with Gasteiger partial charge in [0.1, 0.15) is 11.6 Å². The van der Waals surface area contributed by atoms with Gasteiger partial charge in [-0.15, -0.1) is 0 Å². The Morgan fingerprint density at radius 2 is 2.26 bits per heavy atom. The summed E-state index contributed by atoms with van der Waals surface area (Å²) >= 11 is 0. The number of imidazole rings is 1. The van der Waals surface area contributed by atoms with Gasteiger partial charge in [0.15, 0.2) is 0 Å². The molecule has 0 radical (unpaired) electrons. The summed E-state index contributed by atoms with van der Waals surface area (Å²) in [4.78, 5) is 17.9. The van der Waals surface area contributed by atoms with Crippen LogP contribution in [0.5, 0.6) is 5.75 Å². The average Bonchev–Trinajstić information content (AvgIpc) is 2.85. The summed E-state index contributed by atoms with van der Waals surface area (Å²) in [5.74, 6) is 0.603. The van der Waals surface area contributed by atoms with Gasteiger partial charge in [-0.25, -0.2) is 4.98 Å². The number of nitrogens with one attached hydrogen (secondary N) is 1. The number of carboxylic acids is 1. The van der Waals surface area contributed by atoms with Crippen LogP contribution < -0.4 is 4.74 Å². The molecular formula is C14H16N2O3. The van der Waals surface area contributed by atoms with Crippen molar-refractivity contribution in [2.45, 2.75) is 19.8 Å². The summed E-state index contributed by atoms with van der Waals surface area (Å²) in [5.41, 5.74) is 2.88. The minimum absolute atomic E-state index is 0.0674. The number of nitrogens with zero attached hydrogens (tertiary/aromatic N) is 1. The Hall–Kier alpha value is -2.30. The van der Waals surface area contributed by atoms with Crippen molar-refractivity contribution < 1.29 is 14.6 Å². The van der Waals surface area contributed by atoms with Crippen molar-refractivity contribution in [1.29, 1.82) is 0 Å². The van der Waals surface area contributed by atoms with Gasteiger partial charge in [0.2, 0.25) is 0 Å². The molecule has 0 saturated carbocycles. The number of aromatic amines is 1. The van der Waals surface area contributed by atoms with Crippen molar-refractivity contribution in [3.63, 3.8) is 0 Å². The van der Waals surface area contributed by atoms with E-state index in [4.69, 9.17) is 9.84 Å². The fourth-order valence-electron chi connectivity index (χ4n) is 1.88. The molecule has 0 amide bonds. The highest BCUT2D eigenvalue weighted by Gasteiger charge is 2.10. The van der Waals surface area contributed by atoms with Crippen LogP contribution in [0.25, 0.3) is 11.3 Å². The van der Waals surface area contributed by atoms with Gasteiger partial charge in [-0.3, -0.25) is 4.79 Å². The minimum Gasteiger partial charge on any atom is -0.496 e. The van der Waals surface area contributed by atoms with Gasteiger partial charge >= 0.3 is 5.97 Å². The number of hydrogen-bond donors (Lipinski definition) is 2. The number of aromatic nitrogens is 2.